The number of ether oxygens (including phenoxy) is 4. The van der Waals surface area contributed by atoms with Crippen molar-refractivity contribution in [1.82, 2.24) is 19.7 Å². The Balaban J connectivity index is 2.53. The predicted octanol–water partition coefficient (Wildman–Crippen LogP) is 3.10. The zero-order chi connectivity index (χ0) is 34.8. The molecule has 16 nitrogen and oxygen atoms in total. The van der Waals surface area contributed by atoms with E-state index < -0.39 is 67.9 Å². The van der Waals surface area contributed by atoms with Gasteiger partial charge in [0.15, 0.2) is 18.0 Å². The molecule has 0 fully saturated rings. The van der Waals surface area contributed by atoms with Crippen LogP contribution in [-0.4, -0.2) is 75.5 Å². The van der Waals surface area contributed by atoms with Gasteiger partial charge in [0.05, 0.1) is 24.1 Å². The minimum atomic E-state index is -4.83. The van der Waals surface area contributed by atoms with Crippen molar-refractivity contribution in [3.63, 3.8) is 0 Å². The molecule has 0 bridgehead atoms. The van der Waals surface area contributed by atoms with Gasteiger partial charge in [-0.3, -0.25) is 18.9 Å². The number of carbonyl (C=O) groups is 3. The topological polar surface area (TPSA) is 227 Å². The zero-order valence-corrected chi connectivity index (χ0v) is 28.4. The molecule has 2 heterocycles. The first-order valence-electron chi connectivity index (χ1n) is 14.9. The molecule has 0 aliphatic heterocycles. The average Bonchev–Trinajstić information content (AvgIpc) is 3.45. The third-order valence-corrected chi connectivity index (χ3v) is 8.49. The van der Waals surface area contributed by atoms with Crippen molar-refractivity contribution >= 4 is 37.0 Å². The molecule has 4 N–H and O–H groups in total. The molecule has 0 saturated carbocycles. The lowest BCUT2D eigenvalue weighted by molar-refractivity contribution is -0.197. The normalized spacial score (nSPS) is 16.3. The van der Waals surface area contributed by atoms with E-state index in [0.717, 1.165) is 26.3 Å². The second kappa shape index (κ2) is 16.8. The van der Waals surface area contributed by atoms with Crippen LogP contribution < -0.4 is 10.8 Å². The number of fused-ring (bicyclic) bond motifs is 1. The van der Waals surface area contributed by atoms with E-state index in [4.69, 9.17) is 29.2 Å². The summed E-state index contributed by atoms with van der Waals surface area (Å²) in [6.07, 6.45) is -0.616. The molecule has 0 aliphatic rings. The van der Waals surface area contributed by atoms with Gasteiger partial charge in [0, 0.05) is 7.11 Å². The third-order valence-electron chi connectivity index (χ3n) is 7.30. The average molecular weight is 669 g/mol. The number of methoxy groups -OCH3 is 1. The maximum Gasteiger partial charge on any atom is 0.403 e. The van der Waals surface area contributed by atoms with Crippen LogP contribution in [0.1, 0.15) is 73.1 Å². The van der Waals surface area contributed by atoms with Crippen LogP contribution in [0.4, 0.5) is 5.82 Å². The number of rotatable bonds is 18. The lowest BCUT2D eigenvalue weighted by Gasteiger charge is -2.37. The van der Waals surface area contributed by atoms with Gasteiger partial charge in [-0.2, -0.15) is 10.4 Å². The lowest BCUT2D eigenvalue weighted by Crippen LogP contribution is -2.53. The van der Waals surface area contributed by atoms with Crippen molar-refractivity contribution in [3.05, 3.63) is 24.2 Å². The number of nitrogens with two attached hydrogens (primary N) is 1. The SMILES string of the molecule is CCC(CC)COC(=O)[C@H](C)NP(=O)(O)OC[C@@](C#N)(OC)[C@@H](OC(=O)C(C)C)[C@@H](OC(=O)C(C)C)c1ccc2c(N)ncnn12. The highest BCUT2D eigenvalue weighted by Crippen LogP contribution is 2.42. The Bertz CT molecular complexity index is 1440. The summed E-state index contributed by atoms with van der Waals surface area (Å²) < 4.78 is 42.1. The highest BCUT2D eigenvalue weighted by molar-refractivity contribution is 7.50. The molecule has 0 saturated heterocycles. The van der Waals surface area contributed by atoms with Crippen LogP contribution in [0.15, 0.2) is 18.5 Å². The number of nitriles is 1. The van der Waals surface area contributed by atoms with Crippen molar-refractivity contribution in [2.75, 3.05) is 26.1 Å². The quantitative estimate of drug-likeness (QED) is 0.118. The summed E-state index contributed by atoms with van der Waals surface area (Å²) in [5, 5.41) is 16.8. The first-order valence-corrected chi connectivity index (χ1v) is 16.5. The highest BCUT2D eigenvalue weighted by Gasteiger charge is 2.52. The summed E-state index contributed by atoms with van der Waals surface area (Å²) in [6.45, 7) is 10.6. The molecular weight excluding hydrogens is 623 g/mol. The maximum atomic E-state index is 13.1. The minimum Gasteiger partial charge on any atom is -0.464 e. The molecule has 17 heteroatoms. The van der Waals surface area contributed by atoms with Gasteiger partial charge >= 0.3 is 25.7 Å². The number of hydrogen-bond acceptors (Lipinski definition) is 13. The van der Waals surface area contributed by atoms with E-state index in [0.29, 0.717) is 5.52 Å². The summed E-state index contributed by atoms with van der Waals surface area (Å²) >= 11 is 0. The van der Waals surface area contributed by atoms with E-state index in [-0.39, 0.29) is 24.0 Å². The van der Waals surface area contributed by atoms with E-state index in [1.807, 2.05) is 19.9 Å². The molecule has 0 amide bonds. The summed E-state index contributed by atoms with van der Waals surface area (Å²) in [6, 6.07) is 3.63. The number of hydrogen-bond donors (Lipinski definition) is 3. The summed E-state index contributed by atoms with van der Waals surface area (Å²) in [7, 11) is -3.74. The van der Waals surface area contributed by atoms with Crippen molar-refractivity contribution in [3.8, 4) is 6.07 Å². The fourth-order valence-corrected chi connectivity index (χ4v) is 5.19. The minimum absolute atomic E-state index is 0.0902. The Morgan fingerprint density at radius 3 is 2.24 bits per heavy atom. The lowest BCUT2D eigenvalue weighted by atomic mass is 9.92. The molecule has 46 heavy (non-hydrogen) atoms. The molecular formula is C29H45N6O10P. The molecule has 1 unspecified atom stereocenters. The van der Waals surface area contributed by atoms with Gasteiger partial charge in [-0.05, 0) is 25.0 Å². The maximum absolute atomic E-state index is 13.1. The van der Waals surface area contributed by atoms with Crippen molar-refractivity contribution in [1.29, 1.82) is 5.26 Å². The fourth-order valence-electron chi connectivity index (χ4n) is 4.16. The van der Waals surface area contributed by atoms with E-state index in [1.165, 1.54) is 23.6 Å². The van der Waals surface area contributed by atoms with E-state index >= 15 is 0 Å². The van der Waals surface area contributed by atoms with Crippen LogP contribution in [0.2, 0.25) is 0 Å². The van der Waals surface area contributed by atoms with E-state index in [9.17, 15) is 29.1 Å². The summed E-state index contributed by atoms with van der Waals surface area (Å²) in [5.41, 5.74) is 4.09. The fraction of sp³-hybridized carbons (Fsp3) is 0.655. The number of carbonyl (C=O) groups excluding carboxylic acids is 3. The number of esters is 3. The molecule has 0 aromatic carbocycles. The second-order valence-electron chi connectivity index (χ2n) is 11.4. The Morgan fingerprint density at radius 1 is 1.09 bits per heavy atom. The van der Waals surface area contributed by atoms with E-state index in [2.05, 4.69) is 15.2 Å². The largest absolute Gasteiger partial charge is 0.464 e. The van der Waals surface area contributed by atoms with Crippen molar-refractivity contribution < 1.29 is 47.3 Å². The first-order chi connectivity index (χ1) is 21.6. The molecule has 0 aliphatic carbocycles. The van der Waals surface area contributed by atoms with Crippen LogP contribution in [0.3, 0.4) is 0 Å². The van der Waals surface area contributed by atoms with Gasteiger partial charge in [0.1, 0.15) is 30.6 Å². The Kier molecular flexibility index (Phi) is 14.1. The van der Waals surface area contributed by atoms with E-state index in [1.54, 1.807) is 27.7 Å². The Hall–Kier alpha value is -3.61. The Labute approximate surface area is 268 Å². The zero-order valence-electron chi connectivity index (χ0n) is 27.5. The van der Waals surface area contributed by atoms with Gasteiger partial charge in [-0.15, -0.1) is 0 Å². The summed E-state index contributed by atoms with van der Waals surface area (Å²) in [5.74, 6) is -3.46. The Morgan fingerprint density at radius 2 is 1.70 bits per heavy atom. The number of nitrogens with zero attached hydrogens (tertiary/aromatic N) is 4. The van der Waals surface area contributed by atoms with Crippen LogP contribution in [0.25, 0.3) is 5.52 Å². The number of anilines is 1. The van der Waals surface area contributed by atoms with Gasteiger partial charge < -0.3 is 29.6 Å². The van der Waals surface area contributed by atoms with Crippen molar-refractivity contribution in [2.45, 2.75) is 85.2 Å². The molecule has 2 aromatic rings. The third kappa shape index (κ3) is 9.70. The van der Waals surface area contributed by atoms with Gasteiger partial charge in [0.25, 0.3) is 0 Å². The molecule has 2 rings (SSSR count). The van der Waals surface area contributed by atoms with Crippen LogP contribution in [0, 0.1) is 29.1 Å². The molecule has 256 valence electrons. The van der Waals surface area contributed by atoms with Crippen molar-refractivity contribution in [2.24, 2.45) is 17.8 Å². The second-order valence-corrected chi connectivity index (χ2v) is 12.9. The number of nitrogens with one attached hydrogen (secondary N) is 1. The standard InChI is InChI=1S/C29H45N6O10P/c1-9-20(10-2)13-42-28(38)19(7)34-46(39,40)43-15-29(14-30,41-8)24(45-27(37)18(5)6)23(44-26(36)17(3)4)21-11-12-22-25(31)32-16-33-35(21)22/h11-12,16-20,23-24H,9-10,13,15H2,1-8H3,(H2,31,32,33)(H2,34,39,40)/t19-,23-,24-,29+/m0/s1. The molecule has 0 radical (unpaired) electrons. The highest BCUT2D eigenvalue weighted by atomic mass is 31.2. The van der Waals surface area contributed by atoms with Crippen LogP contribution >= 0.6 is 7.75 Å². The smallest absolute Gasteiger partial charge is 0.403 e. The molecule has 5 atom stereocenters. The molecule has 0 spiro atoms. The predicted molar refractivity (Wildman–Crippen MR) is 165 cm³/mol. The van der Waals surface area contributed by atoms with Gasteiger partial charge in [-0.1, -0.05) is 54.4 Å². The molecule has 2 aromatic heterocycles. The first kappa shape index (κ1) is 38.6. The van der Waals surface area contributed by atoms with Gasteiger partial charge in [0.2, 0.25) is 5.60 Å². The van der Waals surface area contributed by atoms with Gasteiger partial charge in [-0.25, -0.2) is 19.2 Å². The number of aromatic nitrogens is 3. The monoisotopic (exact) mass is 668 g/mol. The van der Waals surface area contributed by atoms with Crippen LogP contribution in [0.5, 0.6) is 0 Å². The summed E-state index contributed by atoms with van der Waals surface area (Å²) in [4.78, 5) is 53.1. The number of nitrogen functional groups attached to an aromatic ring is 1. The van der Waals surface area contributed by atoms with Crippen LogP contribution in [-0.2, 0) is 42.4 Å².